The minimum Gasteiger partial charge on any atom is -0.490 e. The van der Waals surface area contributed by atoms with Gasteiger partial charge < -0.3 is 14.8 Å². The Kier molecular flexibility index (Phi) is 8.31. The van der Waals surface area contributed by atoms with E-state index in [1.165, 1.54) is 0 Å². The Morgan fingerprint density at radius 2 is 1.92 bits per heavy atom. The zero-order chi connectivity index (χ0) is 17.7. The number of hydrogen-bond donors (Lipinski definition) is 1. The molecule has 0 amide bonds. The maximum Gasteiger partial charge on any atom is 0.422 e. The standard InChI is InChI=1S/C17H25F3N2O2.ClH/c1-4-23-16-7-14(5-6-15(16)24-11-17(18,19)20)10-22-9-12(2)21-8-13(22)3;/h5-7,12-13,21H,4,8-11H2,1-3H3;1H. The lowest BCUT2D eigenvalue weighted by atomic mass is 10.1. The third-order valence-corrected chi connectivity index (χ3v) is 3.98. The van der Waals surface area contributed by atoms with Crippen LogP contribution in [0.2, 0.25) is 0 Å². The Hall–Kier alpha value is -1.18. The fourth-order valence-corrected chi connectivity index (χ4v) is 2.75. The van der Waals surface area contributed by atoms with E-state index in [-0.39, 0.29) is 18.2 Å². The van der Waals surface area contributed by atoms with Crippen molar-refractivity contribution in [3.05, 3.63) is 23.8 Å². The Bertz CT molecular complexity index is 543. The van der Waals surface area contributed by atoms with Crippen molar-refractivity contribution in [3.63, 3.8) is 0 Å². The summed E-state index contributed by atoms with van der Waals surface area (Å²) in [6.07, 6.45) is -4.37. The van der Waals surface area contributed by atoms with Crippen LogP contribution >= 0.6 is 12.4 Å². The van der Waals surface area contributed by atoms with Crippen LogP contribution in [0.1, 0.15) is 26.3 Å². The molecule has 2 unspecified atom stereocenters. The summed E-state index contributed by atoms with van der Waals surface area (Å²) in [6.45, 7) is 7.71. The lowest BCUT2D eigenvalue weighted by molar-refractivity contribution is -0.153. The molecule has 0 aliphatic carbocycles. The van der Waals surface area contributed by atoms with Gasteiger partial charge in [-0.1, -0.05) is 6.07 Å². The molecule has 1 N–H and O–H groups in total. The molecule has 2 rings (SSSR count). The van der Waals surface area contributed by atoms with Crippen molar-refractivity contribution < 1.29 is 22.6 Å². The number of benzene rings is 1. The van der Waals surface area contributed by atoms with Crippen molar-refractivity contribution >= 4 is 12.4 Å². The molecule has 25 heavy (non-hydrogen) atoms. The van der Waals surface area contributed by atoms with Crippen molar-refractivity contribution in [3.8, 4) is 11.5 Å². The summed E-state index contributed by atoms with van der Waals surface area (Å²) < 4.78 is 47.4. The normalized spacial score (nSPS) is 21.5. The first-order valence-electron chi connectivity index (χ1n) is 8.21. The van der Waals surface area contributed by atoms with Crippen molar-refractivity contribution in [2.75, 3.05) is 26.3 Å². The van der Waals surface area contributed by atoms with Crippen LogP contribution in [0.4, 0.5) is 13.2 Å². The Labute approximate surface area is 153 Å². The van der Waals surface area contributed by atoms with Crippen LogP contribution < -0.4 is 14.8 Å². The topological polar surface area (TPSA) is 33.7 Å². The molecule has 1 aromatic rings. The highest BCUT2D eigenvalue weighted by Crippen LogP contribution is 2.31. The van der Waals surface area contributed by atoms with Crippen LogP contribution in [0.25, 0.3) is 0 Å². The van der Waals surface area contributed by atoms with Crippen molar-refractivity contribution in [2.45, 2.75) is 45.6 Å². The molecular weight excluding hydrogens is 357 g/mol. The van der Waals surface area contributed by atoms with Gasteiger partial charge >= 0.3 is 6.18 Å². The van der Waals surface area contributed by atoms with Crippen LogP contribution in [0.5, 0.6) is 11.5 Å². The molecule has 1 fully saturated rings. The molecule has 8 heteroatoms. The number of alkyl halides is 3. The lowest BCUT2D eigenvalue weighted by Gasteiger charge is -2.37. The zero-order valence-electron chi connectivity index (χ0n) is 14.7. The van der Waals surface area contributed by atoms with E-state index in [0.717, 1.165) is 25.2 Å². The fraction of sp³-hybridized carbons (Fsp3) is 0.647. The van der Waals surface area contributed by atoms with Crippen LogP contribution in [0.15, 0.2) is 18.2 Å². The Morgan fingerprint density at radius 3 is 2.56 bits per heavy atom. The first kappa shape index (κ1) is 21.9. The quantitative estimate of drug-likeness (QED) is 0.814. The van der Waals surface area contributed by atoms with Gasteiger partial charge in [0, 0.05) is 31.7 Å². The number of nitrogens with zero attached hydrogens (tertiary/aromatic N) is 1. The molecule has 0 spiro atoms. The van der Waals surface area contributed by atoms with Crippen molar-refractivity contribution in [2.24, 2.45) is 0 Å². The Balaban J connectivity index is 0.00000312. The second-order valence-electron chi connectivity index (χ2n) is 6.21. The first-order valence-corrected chi connectivity index (χ1v) is 8.21. The van der Waals surface area contributed by atoms with Gasteiger partial charge in [0.15, 0.2) is 18.1 Å². The smallest absolute Gasteiger partial charge is 0.422 e. The highest BCUT2D eigenvalue weighted by atomic mass is 35.5. The maximum atomic E-state index is 12.3. The van der Waals surface area contributed by atoms with Gasteiger partial charge in [0.05, 0.1) is 6.61 Å². The largest absolute Gasteiger partial charge is 0.490 e. The SMILES string of the molecule is CCOc1cc(CN2CC(C)NCC2C)ccc1OCC(F)(F)F.Cl. The summed E-state index contributed by atoms with van der Waals surface area (Å²) in [4.78, 5) is 2.35. The molecule has 4 nitrogen and oxygen atoms in total. The lowest BCUT2D eigenvalue weighted by Crippen LogP contribution is -2.53. The van der Waals surface area contributed by atoms with Gasteiger partial charge in [0.1, 0.15) is 0 Å². The van der Waals surface area contributed by atoms with Gasteiger partial charge in [-0.3, -0.25) is 4.90 Å². The number of ether oxygens (including phenoxy) is 2. The van der Waals surface area contributed by atoms with E-state index in [1.807, 2.05) is 0 Å². The second kappa shape index (κ2) is 9.50. The van der Waals surface area contributed by atoms with E-state index in [2.05, 4.69) is 24.1 Å². The van der Waals surface area contributed by atoms with Gasteiger partial charge in [-0.25, -0.2) is 0 Å². The van der Waals surface area contributed by atoms with Gasteiger partial charge in [0.25, 0.3) is 0 Å². The molecule has 144 valence electrons. The molecular formula is C17H26ClF3N2O2. The van der Waals surface area contributed by atoms with E-state index in [0.29, 0.717) is 24.4 Å². The van der Waals surface area contributed by atoms with E-state index in [9.17, 15) is 13.2 Å². The van der Waals surface area contributed by atoms with Gasteiger partial charge in [-0.15, -0.1) is 12.4 Å². The fourth-order valence-electron chi connectivity index (χ4n) is 2.75. The van der Waals surface area contributed by atoms with Crippen LogP contribution in [-0.4, -0.2) is 49.5 Å². The van der Waals surface area contributed by atoms with Crippen molar-refractivity contribution in [1.29, 1.82) is 0 Å². The molecule has 1 aromatic carbocycles. The zero-order valence-corrected chi connectivity index (χ0v) is 15.5. The molecule has 1 heterocycles. The number of halogens is 4. The average Bonchev–Trinajstić information content (AvgIpc) is 2.49. The molecule has 2 atom stereocenters. The predicted molar refractivity (Wildman–Crippen MR) is 93.7 cm³/mol. The summed E-state index contributed by atoms with van der Waals surface area (Å²) in [7, 11) is 0. The van der Waals surface area contributed by atoms with Crippen LogP contribution in [-0.2, 0) is 6.54 Å². The summed E-state index contributed by atoms with van der Waals surface area (Å²) >= 11 is 0. The predicted octanol–water partition coefficient (Wildman–Crippen LogP) is 3.63. The van der Waals surface area contributed by atoms with Gasteiger partial charge in [0.2, 0.25) is 0 Å². The highest BCUT2D eigenvalue weighted by molar-refractivity contribution is 5.85. The van der Waals surface area contributed by atoms with Gasteiger partial charge in [-0.05, 0) is 38.5 Å². The third kappa shape index (κ3) is 6.92. The molecule has 1 saturated heterocycles. The van der Waals surface area contributed by atoms with Crippen LogP contribution in [0, 0.1) is 0 Å². The summed E-state index contributed by atoms with van der Waals surface area (Å²) in [5.74, 6) is 0.481. The summed E-state index contributed by atoms with van der Waals surface area (Å²) in [6, 6.07) is 5.95. The first-order chi connectivity index (χ1) is 11.3. The minimum atomic E-state index is -4.37. The third-order valence-electron chi connectivity index (χ3n) is 3.98. The average molecular weight is 383 g/mol. The van der Waals surface area contributed by atoms with E-state index >= 15 is 0 Å². The summed E-state index contributed by atoms with van der Waals surface area (Å²) in [5.41, 5.74) is 0.999. The van der Waals surface area contributed by atoms with Gasteiger partial charge in [-0.2, -0.15) is 13.2 Å². The van der Waals surface area contributed by atoms with Crippen molar-refractivity contribution in [1.82, 2.24) is 10.2 Å². The summed E-state index contributed by atoms with van der Waals surface area (Å²) in [5, 5.41) is 3.43. The van der Waals surface area contributed by atoms with Crippen LogP contribution in [0.3, 0.4) is 0 Å². The number of nitrogens with one attached hydrogen (secondary N) is 1. The molecule has 1 aliphatic rings. The van der Waals surface area contributed by atoms with E-state index in [4.69, 9.17) is 9.47 Å². The molecule has 0 bridgehead atoms. The number of rotatable bonds is 6. The monoisotopic (exact) mass is 382 g/mol. The number of piperazine rings is 1. The number of hydrogen-bond acceptors (Lipinski definition) is 4. The molecule has 0 aromatic heterocycles. The minimum absolute atomic E-state index is 0. The highest BCUT2D eigenvalue weighted by Gasteiger charge is 2.29. The maximum absolute atomic E-state index is 12.3. The Morgan fingerprint density at radius 1 is 1.20 bits per heavy atom. The van der Waals surface area contributed by atoms with E-state index < -0.39 is 12.8 Å². The molecule has 1 aliphatic heterocycles. The van der Waals surface area contributed by atoms with E-state index in [1.54, 1.807) is 25.1 Å². The molecule has 0 saturated carbocycles. The second-order valence-corrected chi connectivity index (χ2v) is 6.21. The molecule has 0 radical (unpaired) electrons.